The zero-order valence-corrected chi connectivity index (χ0v) is 11.7. The molecule has 0 radical (unpaired) electrons. The third kappa shape index (κ3) is 3.65. The minimum atomic E-state index is -0.659. The quantitative estimate of drug-likeness (QED) is 0.837. The van der Waals surface area contributed by atoms with Gasteiger partial charge in [0.15, 0.2) is 0 Å². The SMILES string of the molecule is CC(C)(CNC(=O)c1ccc(Cl)cc1F)C(N)=S. The Bertz CT molecular complexity index is 491. The fourth-order valence-corrected chi connectivity index (χ4v) is 1.39. The molecule has 0 saturated heterocycles. The second-order valence-electron chi connectivity index (χ2n) is 4.55. The minimum Gasteiger partial charge on any atom is -0.393 e. The van der Waals surface area contributed by atoms with Gasteiger partial charge >= 0.3 is 0 Å². The lowest BCUT2D eigenvalue weighted by Crippen LogP contribution is -2.41. The van der Waals surface area contributed by atoms with Crippen molar-refractivity contribution in [1.82, 2.24) is 5.32 Å². The zero-order valence-electron chi connectivity index (χ0n) is 10.1. The van der Waals surface area contributed by atoms with Crippen molar-refractivity contribution in [2.75, 3.05) is 6.54 Å². The molecule has 0 aromatic heterocycles. The molecule has 1 amide bonds. The van der Waals surface area contributed by atoms with Crippen molar-refractivity contribution in [3.8, 4) is 0 Å². The van der Waals surface area contributed by atoms with Crippen molar-refractivity contribution in [1.29, 1.82) is 0 Å². The first-order valence-corrected chi connectivity index (χ1v) is 6.06. The Labute approximate surface area is 115 Å². The minimum absolute atomic E-state index is 0.0573. The van der Waals surface area contributed by atoms with Gasteiger partial charge in [0.05, 0.1) is 10.6 Å². The van der Waals surface area contributed by atoms with E-state index >= 15 is 0 Å². The van der Waals surface area contributed by atoms with Gasteiger partial charge in [-0.1, -0.05) is 37.7 Å². The van der Waals surface area contributed by atoms with Crippen molar-refractivity contribution in [3.63, 3.8) is 0 Å². The number of carbonyl (C=O) groups excluding carboxylic acids is 1. The summed E-state index contributed by atoms with van der Waals surface area (Å²) >= 11 is 10.5. The van der Waals surface area contributed by atoms with E-state index in [4.69, 9.17) is 29.6 Å². The van der Waals surface area contributed by atoms with E-state index in [2.05, 4.69) is 5.32 Å². The molecule has 0 saturated carbocycles. The van der Waals surface area contributed by atoms with E-state index in [9.17, 15) is 9.18 Å². The third-order valence-corrected chi connectivity index (χ3v) is 3.32. The molecule has 1 rings (SSSR count). The largest absolute Gasteiger partial charge is 0.393 e. The van der Waals surface area contributed by atoms with E-state index in [1.807, 2.05) is 0 Å². The molecule has 0 atom stereocenters. The summed E-state index contributed by atoms with van der Waals surface area (Å²) in [6, 6.07) is 3.88. The molecule has 18 heavy (non-hydrogen) atoms. The number of thiocarbonyl (C=S) groups is 1. The van der Waals surface area contributed by atoms with Crippen LogP contribution in [0.25, 0.3) is 0 Å². The second-order valence-corrected chi connectivity index (χ2v) is 5.43. The molecule has 98 valence electrons. The summed E-state index contributed by atoms with van der Waals surface area (Å²) in [5, 5.41) is 2.83. The van der Waals surface area contributed by atoms with Crippen molar-refractivity contribution >= 4 is 34.7 Å². The van der Waals surface area contributed by atoms with Crippen molar-refractivity contribution in [3.05, 3.63) is 34.6 Å². The van der Waals surface area contributed by atoms with E-state index in [-0.39, 0.29) is 17.1 Å². The Kier molecular flexibility index (Phi) is 4.65. The fourth-order valence-electron chi connectivity index (χ4n) is 1.16. The van der Waals surface area contributed by atoms with Gasteiger partial charge in [-0.2, -0.15) is 0 Å². The Morgan fingerprint density at radius 1 is 1.56 bits per heavy atom. The highest BCUT2D eigenvalue weighted by Gasteiger charge is 2.23. The standard InChI is InChI=1S/C12H14ClFN2OS/c1-12(2,11(15)18)6-16-10(17)8-4-3-7(13)5-9(8)14/h3-5H,6H2,1-2H3,(H2,15,18)(H,16,17). The molecule has 0 aliphatic carbocycles. The number of benzene rings is 1. The summed E-state index contributed by atoms with van der Waals surface area (Å²) in [7, 11) is 0. The molecule has 3 nitrogen and oxygen atoms in total. The maximum absolute atomic E-state index is 13.5. The van der Waals surface area contributed by atoms with Crippen LogP contribution in [0.4, 0.5) is 4.39 Å². The van der Waals surface area contributed by atoms with Crippen molar-refractivity contribution in [2.45, 2.75) is 13.8 Å². The summed E-state index contributed by atoms with van der Waals surface area (Å²) in [6.07, 6.45) is 0. The summed E-state index contributed by atoms with van der Waals surface area (Å²) in [4.78, 5) is 12.1. The number of halogens is 2. The number of amides is 1. The van der Waals surface area contributed by atoms with Gasteiger partial charge in [0.25, 0.3) is 5.91 Å². The van der Waals surface area contributed by atoms with E-state index in [1.165, 1.54) is 12.1 Å². The van der Waals surface area contributed by atoms with Gasteiger partial charge in [-0.15, -0.1) is 0 Å². The average molecular weight is 289 g/mol. The second kappa shape index (κ2) is 5.63. The van der Waals surface area contributed by atoms with E-state index in [1.54, 1.807) is 13.8 Å². The number of hydrogen-bond donors (Lipinski definition) is 2. The van der Waals surface area contributed by atoms with Gasteiger partial charge in [0.1, 0.15) is 5.82 Å². The summed E-state index contributed by atoms with van der Waals surface area (Å²) in [6.45, 7) is 3.84. The van der Waals surface area contributed by atoms with Gasteiger partial charge < -0.3 is 11.1 Å². The maximum Gasteiger partial charge on any atom is 0.254 e. The first-order valence-electron chi connectivity index (χ1n) is 5.27. The van der Waals surface area contributed by atoms with Gasteiger partial charge in [-0.3, -0.25) is 4.79 Å². The highest BCUT2D eigenvalue weighted by Crippen LogP contribution is 2.16. The van der Waals surface area contributed by atoms with Crippen LogP contribution in [0.3, 0.4) is 0 Å². The Morgan fingerprint density at radius 3 is 2.67 bits per heavy atom. The van der Waals surface area contributed by atoms with Crippen LogP contribution in [-0.4, -0.2) is 17.4 Å². The number of carbonyl (C=O) groups is 1. The molecule has 1 aromatic rings. The number of rotatable bonds is 4. The average Bonchev–Trinajstić information content (AvgIpc) is 2.25. The first kappa shape index (κ1) is 14.9. The summed E-state index contributed by atoms with van der Waals surface area (Å²) in [5.41, 5.74) is 4.96. The highest BCUT2D eigenvalue weighted by molar-refractivity contribution is 7.80. The van der Waals surface area contributed by atoms with Gasteiger partial charge in [0.2, 0.25) is 0 Å². The molecular weight excluding hydrogens is 275 g/mol. The molecule has 1 aromatic carbocycles. The molecule has 0 heterocycles. The predicted molar refractivity (Wildman–Crippen MR) is 74.3 cm³/mol. The van der Waals surface area contributed by atoms with Crippen LogP contribution in [0.15, 0.2) is 18.2 Å². The zero-order chi connectivity index (χ0) is 13.9. The number of hydrogen-bond acceptors (Lipinski definition) is 2. The Morgan fingerprint density at radius 2 is 2.17 bits per heavy atom. The van der Waals surface area contributed by atoms with E-state index in [0.717, 1.165) is 6.07 Å². The highest BCUT2D eigenvalue weighted by atomic mass is 35.5. The van der Waals surface area contributed by atoms with E-state index < -0.39 is 17.1 Å². The van der Waals surface area contributed by atoms with Gasteiger partial charge in [-0.25, -0.2) is 4.39 Å². The molecule has 0 aliphatic rings. The van der Waals surface area contributed by atoms with Gasteiger partial charge in [-0.05, 0) is 18.2 Å². The Balaban J connectivity index is 2.75. The normalized spacial score (nSPS) is 11.1. The lowest BCUT2D eigenvalue weighted by atomic mass is 9.93. The topological polar surface area (TPSA) is 55.1 Å². The van der Waals surface area contributed by atoms with Crippen LogP contribution >= 0.6 is 23.8 Å². The summed E-state index contributed by atoms with van der Waals surface area (Å²) in [5.74, 6) is -1.18. The van der Waals surface area contributed by atoms with Gasteiger partial charge in [0, 0.05) is 17.0 Å². The monoisotopic (exact) mass is 288 g/mol. The molecule has 0 fully saturated rings. The van der Waals surface area contributed by atoms with E-state index in [0.29, 0.717) is 4.99 Å². The van der Waals surface area contributed by atoms with Crippen molar-refractivity contribution in [2.24, 2.45) is 11.1 Å². The first-order chi connectivity index (χ1) is 8.24. The molecule has 3 N–H and O–H groups in total. The molecular formula is C12H14ClFN2OS. The third-order valence-electron chi connectivity index (χ3n) is 2.53. The molecule has 0 aliphatic heterocycles. The molecule has 0 spiro atoms. The number of nitrogens with two attached hydrogens (primary N) is 1. The van der Waals surface area contributed by atoms with Crippen LogP contribution in [-0.2, 0) is 0 Å². The van der Waals surface area contributed by atoms with Crippen LogP contribution < -0.4 is 11.1 Å². The lowest BCUT2D eigenvalue weighted by molar-refractivity contribution is 0.0941. The van der Waals surface area contributed by atoms with Crippen LogP contribution in [0.2, 0.25) is 5.02 Å². The van der Waals surface area contributed by atoms with Crippen molar-refractivity contribution < 1.29 is 9.18 Å². The Hall–Kier alpha value is -1.20. The maximum atomic E-state index is 13.5. The molecule has 0 bridgehead atoms. The van der Waals surface area contributed by atoms with Crippen LogP contribution in [0.1, 0.15) is 24.2 Å². The molecule has 6 heteroatoms. The van der Waals surface area contributed by atoms with Crippen LogP contribution in [0, 0.1) is 11.2 Å². The fraction of sp³-hybridized carbons (Fsp3) is 0.333. The van der Waals surface area contributed by atoms with Crippen LogP contribution in [0.5, 0.6) is 0 Å². The molecule has 0 unspecified atom stereocenters. The lowest BCUT2D eigenvalue weighted by Gasteiger charge is -2.23. The smallest absolute Gasteiger partial charge is 0.254 e. The predicted octanol–water partition coefficient (Wildman–Crippen LogP) is 2.52. The summed E-state index contributed by atoms with van der Waals surface area (Å²) < 4.78 is 13.5. The number of nitrogens with one attached hydrogen (secondary N) is 1.